The fraction of sp³-hybridized carbons (Fsp3) is 0.417. The number of hydrogen-bond acceptors (Lipinski definition) is 4. The topological polar surface area (TPSA) is 76.6 Å². The van der Waals surface area contributed by atoms with Gasteiger partial charge in [0.05, 0.1) is 12.7 Å². The molecule has 0 amide bonds. The Morgan fingerprint density at radius 3 is 3.00 bits per heavy atom. The summed E-state index contributed by atoms with van der Waals surface area (Å²) in [5.74, 6) is -0.309. The van der Waals surface area contributed by atoms with Crippen molar-refractivity contribution in [3.8, 4) is 0 Å². The number of rotatable bonds is 2. The Bertz CT molecular complexity index is 519. The van der Waals surface area contributed by atoms with E-state index in [2.05, 4.69) is 10.0 Å². The Balaban J connectivity index is 2.48. The molecule has 1 aromatic rings. The number of carbonyl (C=O) groups is 1. The van der Waals surface area contributed by atoms with Gasteiger partial charge in [-0.1, -0.05) is 6.07 Å². The Kier molecular flexibility index (Phi) is 3.02. The molecule has 0 aliphatic heterocycles. The van der Waals surface area contributed by atoms with Gasteiger partial charge in [0.15, 0.2) is 6.04 Å². The van der Waals surface area contributed by atoms with Crippen LogP contribution in [0.4, 0.5) is 0 Å². The van der Waals surface area contributed by atoms with Gasteiger partial charge in [0, 0.05) is 0 Å². The Labute approximate surface area is 99.0 Å². The van der Waals surface area contributed by atoms with Gasteiger partial charge in [0.1, 0.15) is 10.6 Å². The second-order valence-electron chi connectivity index (χ2n) is 4.07. The molecule has 1 N–H and O–H groups in total. The second kappa shape index (κ2) is 4.47. The van der Waals surface area contributed by atoms with E-state index in [0.29, 0.717) is 5.56 Å². The number of nitrogens with zero attached hydrogens (tertiary/aromatic N) is 2. The predicted octanol–water partition coefficient (Wildman–Crippen LogP) is 2.32. The number of fused-ring (bicyclic) bond motifs is 1. The average molecular weight is 232 g/mol. The molecule has 0 unspecified atom stereocenters. The van der Waals surface area contributed by atoms with Gasteiger partial charge in [-0.2, -0.15) is 0 Å². The van der Waals surface area contributed by atoms with Crippen LogP contribution in [0, 0.1) is 12.5 Å². The highest BCUT2D eigenvalue weighted by atomic mass is 16.5. The van der Waals surface area contributed by atoms with E-state index >= 15 is 0 Å². The molecule has 1 aromatic carbocycles. The van der Waals surface area contributed by atoms with Crippen LogP contribution in [0.2, 0.25) is 0 Å². The Hall–Kier alpha value is -2.00. The summed E-state index contributed by atoms with van der Waals surface area (Å²) in [5, 5.41) is 3.88. The summed E-state index contributed by atoms with van der Waals surface area (Å²) in [6.45, 7) is 1.92. The van der Waals surface area contributed by atoms with Crippen molar-refractivity contribution in [3.63, 3.8) is 0 Å². The van der Waals surface area contributed by atoms with Gasteiger partial charge in [0.25, 0.3) is 0 Å². The summed E-state index contributed by atoms with van der Waals surface area (Å²) in [6, 6.07) is 3.62. The number of benzene rings is 1. The van der Waals surface area contributed by atoms with Gasteiger partial charge < -0.3 is 4.74 Å². The van der Waals surface area contributed by atoms with Gasteiger partial charge in [0.2, 0.25) is 4.91 Å². The second-order valence-corrected chi connectivity index (χ2v) is 4.07. The fourth-order valence-electron chi connectivity index (χ4n) is 2.38. The number of nitrogens with one attached hydrogen (secondary N) is 1. The monoisotopic (exact) mass is 232 g/mol. The third-order valence-electron chi connectivity index (χ3n) is 3.26. The van der Waals surface area contributed by atoms with E-state index in [4.69, 9.17) is 10.3 Å². The van der Waals surface area contributed by atoms with Crippen molar-refractivity contribution in [1.29, 1.82) is 5.53 Å². The minimum Gasteiger partial charge on any atom is -0.465 e. The van der Waals surface area contributed by atoms with Crippen LogP contribution in [0.5, 0.6) is 0 Å². The van der Waals surface area contributed by atoms with Crippen LogP contribution in [-0.4, -0.2) is 13.1 Å². The number of methoxy groups -OCH3 is 1. The van der Waals surface area contributed by atoms with Gasteiger partial charge in [-0.05, 0) is 42.5 Å². The molecule has 0 fully saturated rings. The maximum Gasteiger partial charge on any atom is 0.338 e. The quantitative estimate of drug-likeness (QED) is 0.482. The molecule has 0 saturated carbocycles. The molecule has 88 valence electrons. The zero-order valence-corrected chi connectivity index (χ0v) is 9.86. The third kappa shape index (κ3) is 1.85. The molecule has 0 saturated heterocycles. The van der Waals surface area contributed by atoms with E-state index in [1.54, 1.807) is 6.07 Å². The Morgan fingerprint density at radius 2 is 2.35 bits per heavy atom. The van der Waals surface area contributed by atoms with Crippen LogP contribution in [0.25, 0.3) is 0 Å². The van der Waals surface area contributed by atoms with Gasteiger partial charge >= 0.3 is 5.97 Å². The molecular weight excluding hydrogens is 218 g/mol. The van der Waals surface area contributed by atoms with Crippen molar-refractivity contribution in [1.82, 2.24) is 4.91 Å². The smallest absolute Gasteiger partial charge is 0.338 e. The fourth-order valence-corrected chi connectivity index (χ4v) is 2.38. The molecule has 0 radical (unpaired) electrons. The molecule has 5 heteroatoms. The zero-order valence-electron chi connectivity index (χ0n) is 9.86. The largest absolute Gasteiger partial charge is 0.465 e. The van der Waals surface area contributed by atoms with Gasteiger partial charge in [-0.3, -0.25) is 0 Å². The lowest BCUT2D eigenvalue weighted by molar-refractivity contribution is 0.0600. The van der Waals surface area contributed by atoms with Crippen molar-refractivity contribution < 1.29 is 9.53 Å². The normalized spacial score (nSPS) is 17.2. The molecule has 17 heavy (non-hydrogen) atoms. The van der Waals surface area contributed by atoms with Crippen LogP contribution < -0.4 is 4.91 Å². The number of hydrogen-bond donors (Lipinski definition) is 1. The molecule has 2 rings (SSSR count). The summed E-state index contributed by atoms with van der Waals surface area (Å²) in [6.07, 6.45) is 1.72. The van der Waals surface area contributed by atoms with Crippen LogP contribution in [0.3, 0.4) is 0 Å². The van der Waals surface area contributed by atoms with Gasteiger partial charge in [-0.25, -0.2) is 4.79 Å². The lowest BCUT2D eigenvalue weighted by Crippen LogP contribution is -2.06. The van der Waals surface area contributed by atoms with Gasteiger partial charge in [-0.15, -0.1) is 0 Å². The predicted molar refractivity (Wildman–Crippen MR) is 60.9 cm³/mol. The minimum atomic E-state index is -0.309. The van der Waals surface area contributed by atoms with E-state index in [1.165, 1.54) is 7.11 Å². The van der Waals surface area contributed by atoms with Crippen LogP contribution in [0.15, 0.2) is 17.2 Å². The van der Waals surface area contributed by atoms with Crippen LogP contribution in [0.1, 0.15) is 39.5 Å². The highest BCUT2D eigenvalue weighted by Gasteiger charge is 2.29. The van der Waals surface area contributed by atoms with Crippen molar-refractivity contribution >= 4 is 5.97 Å². The lowest BCUT2D eigenvalue weighted by Gasteiger charge is -2.09. The van der Waals surface area contributed by atoms with E-state index in [9.17, 15) is 4.79 Å². The third-order valence-corrected chi connectivity index (χ3v) is 3.26. The highest BCUT2D eigenvalue weighted by Crippen LogP contribution is 2.36. The number of ether oxygens (including phenoxy) is 1. The van der Waals surface area contributed by atoms with Crippen molar-refractivity contribution in [2.24, 2.45) is 5.11 Å². The summed E-state index contributed by atoms with van der Waals surface area (Å²) in [4.78, 5) is 14.7. The molecule has 0 spiro atoms. The Morgan fingerprint density at radius 1 is 1.59 bits per heavy atom. The maximum atomic E-state index is 11.5. The molecule has 0 aromatic heterocycles. The molecule has 1 atom stereocenters. The first-order chi connectivity index (χ1) is 8.19. The molecule has 1 aliphatic rings. The number of carbonyl (C=O) groups excluding carboxylic acids is 1. The van der Waals surface area contributed by atoms with Crippen molar-refractivity contribution in [2.45, 2.75) is 25.8 Å². The van der Waals surface area contributed by atoms with Crippen molar-refractivity contribution in [3.05, 3.63) is 34.4 Å². The first-order valence-corrected chi connectivity index (χ1v) is 5.46. The SMILES string of the molecule is COC(=O)c1ccc2c(c1C)CC[C@@H]2N=[N+]=N. The molecule has 0 bridgehead atoms. The summed E-state index contributed by atoms with van der Waals surface area (Å²) in [5.41, 5.74) is 10.6. The molecule has 1 aliphatic carbocycles. The van der Waals surface area contributed by atoms with E-state index in [-0.39, 0.29) is 12.0 Å². The van der Waals surface area contributed by atoms with E-state index in [0.717, 1.165) is 29.5 Å². The van der Waals surface area contributed by atoms with E-state index in [1.807, 2.05) is 13.0 Å². The standard InChI is InChI=1S/C12H14N3O2/c1-7-8-5-6-11(14-15-13)10(8)4-3-9(7)12(16)17-2/h3-4,11,13H,5-6H2,1-2H3/q+1/t11-/m0/s1. The summed E-state index contributed by atoms with van der Waals surface area (Å²) < 4.78 is 4.74. The molecule has 0 heterocycles. The van der Waals surface area contributed by atoms with Crippen LogP contribution in [-0.2, 0) is 11.2 Å². The average Bonchev–Trinajstić information content (AvgIpc) is 2.74. The summed E-state index contributed by atoms with van der Waals surface area (Å²) in [7, 11) is 1.38. The summed E-state index contributed by atoms with van der Waals surface area (Å²) >= 11 is 0. The molecular formula is C12H14N3O2+. The van der Waals surface area contributed by atoms with Crippen molar-refractivity contribution in [2.75, 3.05) is 7.11 Å². The minimum absolute atomic E-state index is 0.0344. The first kappa shape index (κ1) is 11.5. The van der Waals surface area contributed by atoms with E-state index < -0.39 is 0 Å². The lowest BCUT2D eigenvalue weighted by atomic mass is 9.98. The number of esters is 1. The first-order valence-electron chi connectivity index (χ1n) is 5.46. The van der Waals surface area contributed by atoms with Crippen LogP contribution >= 0.6 is 0 Å². The zero-order chi connectivity index (χ0) is 12.4. The highest BCUT2D eigenvalue weighted by molar-refractivity contribution is 5.91. The maximum absolute atomic E-state index is 11.5. The molecule has 5 nitrogen and oxygen atoms in total.